The van der Waals surface area contributed by atoms with Crippen LogP contribution in [0, 0.1) is 0 Å². The average molecular weight is 303 g/mol. The Bertz CT molecular complexity index is 569. The monoisotopic (exact) mass is 303 g/mol. The highest BCUT2D eigenvalue weighted by Crippen LogP contribution is 2.37. The fraction of sp³-hybridized carbons (Fsp3) is 0.231. The molecule has 114 valence electrons. The molecule has 21 heavy (non-hydrogen) atoms. The van der Waals surface area contributed by atoms with Gasteiger partial charge in [-0.2, -0.15) is 13.2 Å². The minimum absolute atomic E-state index is 0.0878. The van der Waals surface area contributed by atoms with Crippen LogP contribution in [0.25, 0.3) is 0 Å². The van der Waals surface area contributed by atoms with Crippen LogP contribution in [0.5, 0.6) is 0 Å². The summed E-state index contributed by atoms with van der Waals surface area (Å²) in [6.07, 6.45) is -6.05. The lowest BCUT2D eigenvalue weighted by molar-refractivity contribution is -0.231. The van der Waals surface area contributed by atoms with Crippen molar-refractivity contribution in [3.63, 3.8) is 0 Å². The van der Waals surface area contributed by atoms with Crippen LogP contribution in [0.2, 0.25) is 0 Å². The van der Waals surface area contributed by atoms with Crippen LogP contribution in [-0.4, -0.2) is 12.1 Å². The van der Waals surface area contributed by atoms with Crippen molar-refractivity contribution in [2.24, 2.45) is 5.73 Å². The molecular formula is C13H12F3NO4. The second-order valence-corrected chi connectivity index (χ2v) is 4.17. The standard InChI is InChI=1S/C13H12F3NO4/c1-7(2)10(11(18)20-21-12(17)19)8-5-3-4-6-9(8)13(14,15)16/h3-6,10H,1H2,2H3,(H2,17,19). The Labute approximate surface area is 118 Å². The molecule has 1 rings (SSSR count). The summed E-state index contributed by atoms with van der Waals surface area (Å²) in [6.45, 7) is 4.81. The molecule has 1 aromatic rings. The number of rotatable bonds is 3. The van der Waals surface area contributed by atoms with E-state index in [1.807, 2.05) is 0 Å². The van der Waals surface area contributed by atoms with Crippen LogP contribution in [0.15, 0.2) is 36.4 Å². The summed E-state index contributed by atoms with van der Waals surface area (Å²) in [4.78, 5) is 30.1. The Hall–Kier alpha value is -2.51. The van der Waals surface area contributed by atoms with Gasteiger partial charge in [0.15, 0.2) is 0 Å². The van der Waals surface area contributed by atoms with Crippen molar-refractivity contribution in [2.75, 3.05) is 0 Å². The number of halogens is 3. The molecular weight excluding hydrogens is 291 g/mol. The van der Waals surface area contributed by atoms with E-state index in [1.165, 1.54) is 19.1 Å². The Morgan fingerprint density at radius 2 is 1.81 bits per heavy atom. The molecule has 0 radical (unpaired) electrons. The first-order valence-corrected chi connectivity index (χ1v) is 5.64. The highest BCUT2D eigenvalue weighted by Gasteiger charge is 2.38. The van der Waals surface area contributed by atoms with Crippen molar-refractivity contribution in [2.45, 2.75) is 19.0 Å². The number of hydrogen-bond donors (Lipinski definition) is 1. The van der Waals surface area contributed by atoms with E-state index >= 15 is 0 Å². The van der Waals surface area contributed by atoms with E-state index in [1.54, 1.807) is 0 Å². The van der Waals surface area contributed by atoms with Gasteiger partial charge in [-0.3, -0.25) is 0 Å². The van der Waals surface area contributed by atoms with Gasteiger partial charge in [-0.15, -0.1) is 0 Å². The molecule has 1 atom stereocenters. The van der Waals surface area contributed by atoms with Crippen molar-refractivity contribution in [3.05, 3.63) is 47.5 Å². The lowest BCUT2D eigenvalue weighted by Crippen LogP contribution is -2.24. The average Bonchev–Trinajstić information content (AvgIpc) is 2.35. The molecule has 5 nitrogen and oxygen atoms in total. The van der Waals surface area contributed by atoms with Gasteiger partial charge in [0, 0.05) is 0 Å². The summed E-state index contributed by atoms with van der Waals surface area (Å²) < 4.78 is 38.9. The first kappa shape index (κ1) is 16.5. The normalized spacial score (nSPS) is 12.4. The molecule has 2 N–H and O–H groups in total. The Morgan fingerprint density at radius 1 is 1.24 bits per heavy atom. The van der Waals surface area contributed by atoms with Crippen LogP contribution >= 0.6 is 0 Å². The fourth-order valence-electron chi connectivity index (χ4n) is 1.73. The minimum Gasteiger partial charge on any atom is -0.332 e. The maximum atomic E-state index is 13.0. The Kier molecular flexibility index (Phi) is 4.96. The maximum absolute atomic E-state index is 13.0. The predicted molar refractivity (Wildman–Crippen MR) is 65.8 cm³/mol. The van der Waals surface area contributed by atoms with Gasteiger partial charge >= 0.3 is 18.2 Å². The third kappa shape index (κ3) is 4.23. The second-order valence-electron chi connectivity index (χ2n) is 4.17. The summed E-state index contributed by atoms with van der Waals surface area (Å²) in [6, 6.07) is 4.47. The van der Waals surface area contributed by atoms with Crippen LogP contribution < -0.4 is 5.73 Å². The van der Waals surface area contributed by atoms with E-state index in [4.69, 9.17) is 0 Å². The van der Waals surface area contributed by atoms with Crippen LogP contribution in [0.1, 0.15) is 24.0 Å². The molecule has 0 bridgehead atoms. The third-order valence-corrected chi connectivity index (χ3v) is 2.51. The topological polar surface area (TPSA) is 78.6 Å². The lowest BCUT2D eigenvalue weighted by atomic mass is 9.89. The van der Waals surface area contributed by atoms with Gasteiger partial charge in [-0.25, -0.2) is 19.4 Å². The maximum Gasteiger partial charge on any atom is 0.447 e. The van der Waals surface area contributed by atoms with Gasteiger partial charge in [0.2, 0.25) is 0 Å². The largest absolute Gasteiger partial charge is 0.447 e. The highest BCUT2D eigenvalue weighted by atomic mass is 19.4. The Morgan fingerprint density at radius 3 is 2.29 bits per heavy atom. The first-order valence-electron chi connectivity index (χ1n) is 5.64. The highest BCUT2D eigenvalue weighted by molar-refractivity contribution is 5.82. The summed E-state index contributed by atoms with van der Waals surface area (Å²) in [7, 11) is 0. The summed E-state index contributed by atoms with van der Waals surface area (Å²) in [5.41, 5.74) is 3.34. The molecule has 0 aliphatic carbocycles. The smallest absolute Gasteiger partial charge is 0.332 e. The molecule has 0 heterocycles. The van der Waals surface area contributed by atoms with Gasteiger partial charge in [-0.05, 0) is 18.6 Å². The van der Waals surface area contributed by atoms with Gasteiger partial charge in [0.25, 0.3) is 0 Å². The number of primary amides is 1. The van der Waals surface area contributed by atoms with E-state index in [2.05, 4.69) is 22.1 Å². The minimum atomic E-state index is -4.66. The molecule has 1 aromatic carbocycles. The zero-order valence-corrected chi connectivity index (χ0v) is 10.9. The molecule has 1 unspecified atom stereocenters. The van der Waals surface area contributed by atoms with Crippen molar-refractivity contribution in [3.8, 4) is 0 Å². The number of hydrogen-bond acceptors (Lipinski definition) is 4. The third-order valence-electron chi connectivity index (χ3n) is 2.51. The van der Waals surface area contributed by atoms with E-state index in [-0.39, 0.29) is 11.1 Å². The summed E-state index contributed by atoms with van der Waals surface area (Å²) >= 11 is 0. The molecule has 8 heteroatoms. The molecule has 0 aliphatic rings. The quantitative estimate of drug-likeness (QED) is 0.529. The van der Waals surface area contributed by atoms with E-state index in [9.17, 15) is 22.8 Å². The number of amides is 1. The zero-order valence-electron chi connectivity index (χ0n) is 10.9. The van der Waals surface area contributed by atoms with E-state index < -0.39 is 29.7 Å². The molecule has 0 aliphatic heterocycles. The number of nitrogens with two attached hydrogens (primary N) is 1. The molecule has 0 aromatic heterocycles. The zero-order chi connectivity index (χ0) is 16.2. The molecule has 0 spiro atoms. The van der Waals surface area contributed by atoms with Gasteiger partial charge in [0.1, 0.15) is 5.92 Å². The van der Waals surface area contributed by atoms with Crippen LogP contribution in [0.3, 0.4) is 0 Å². The molecule has 0 saturated carbocycles. The fourth-order valence-corrected chi connectivity index (χ4v) is 1.73. The molecule has 1 amide bonds. The Balaban J connectivity index is 3.21. The molecule has 0 saturated heterocycles. The number of carbonyl (C=O) groups is 2. The van der Waals surface area contributed by atoms with Gasteiger partial charge in [-0.1, -0.05) is 30.4 Å². The van der Waals surface area contributed by atoms with Crippen LogP contribution in [0.4, 0.5) is 18.0 Å². The predicted octanol–water partition coefficient (Wildman–Crippen LogP) is 2.92. The van der Waals surface area contributed by atoms with Crippen molar-refractivity contribution >= 4 is 12.1 Å². The van der Waals surface area contributed by atoms with E-state index in [0.717, 1.165) is 12.1 Å². The van der Waals surface area contributed by atoms with Crippen molar-refractivity contribution in [1.29, 1.82) is 0 Å². The lowest BCUT2D eigenvalue weighted by Gasteiger charge is -2.19. The van der Waals surface area contributed by atoms with E-state index in [0.29, 0.717) is 0 Å². The number of alkyl halides is 3. The number of benzene rings is 1. The van der Waals surface area contributed by atoms with Crippen LogP contribution in [-0.2, 0) is 20.7 Å². The number of carbonyl (C=O) groups excluding carboxylic acids is 2. The van der Waals surface area contributed by atoms with Crippen molar-refractivity contribution < 1.29 is 32.5 Å². The van der Waals surface area contributed by atoms with Gasteiger partial charge in [0.05, 0.1) is 5.56 Å². The first-order chi connectivity index (χ1) is 9.64. The summed E-state index contributed by atoms with van der Waals surface area (Å²) in [5.74, 6) is -2.67. The second kappa shape index (κ2) is 6.29. The summed E-state index contributed by atoms with van der Waals surface area (Å²) in [5, 5.41) is 0. The SMILES string of the molecule is C=C(C)C(C(=O)OOC(N)=O)c1ccccc1C(F)(F)F. The van der Waals surface area contributed by atoms with Gasteiger partial charge < -0.3 is 5.73 Å². The van der Waals surface area contributed by atoms with Crippen molar-refractivity contribution in [1.82, 2.24) is 0 Å². The molecule has 0 fully saturated rings.